The molecule has 5 nitrogen and oxygen atoms in total. The summed E-state index contributed by atoms with van der Waals surface area (Å²) >= 11 is 1.44. The quantitative estimate of drug-likeness (QED) is 0.477. The van der Waals surface area contributed by atoms with Crippen molar-refractivity contribution in [2.24, 2.45) is 5.10 Å². The number of aryl methyl sites for hydroxylation is 1. The van der Waals surface area contributed by atoms with Crippen LogP contribution in [-0.2, 0) is 6.18 Å². The van der Waals surface area contributed by atoms with Crippen LogP contribution in [0.2, 0.25) is 0 Å². The van der Waals surface area contributed by atoms with Gasteiger partial charge in [-0.3, -0.25) is 5.43 Å². The van der Waals surface area contributed by atoms with Gasteiger partial charge in [0.2, 0.25) is 5.13 Å². The highest BCUT2D eigenvalue weighted by atomic mass is 32.1. The average Bonchev–Trinajstić information content (AvgIpc) is 3.06. The van der Waals surface area contributed by atoms with Gasteiger partial charge in [0.15, 0.2) is 0 Å². The molecule has 0 aliphatic heterocycles. The van der Waals surface area contributed by atoms with Gasteiger partial charge in [0, 0.05) is 25.0 Å². The van der Waals surface area contributed by atoms with Crippen molar-refractivity contribution in [3.8, 4) is 11.3 Å². The minimum atomic E-state index is -4.45. The Balaban J connectivity index is 1.89. The predicted octanol–water partition coefficient (Wildman–Crippen LogP) is 5.04. The minimum absolute atomic E-state index is 0.240. The summed E-state index contributed by atoms with van der Waals surface area (Å²) in [6.45, 7) is 1.89. The van der Waals surface area contributed by atoms with Gasteiger partial charge in [0.25, 0.3) is 0 Å². The molecule has 3 aromatic rings. The van der Waals surface area contributed by atoms with E-state index in [1.54, 1.807) is 43.4 Å². The lowest BCUT2D eigenvalue weighted by Gasteiger charge is -2.16. The number of alkyl halides is 3. The molecule has 0 radical (unpaired) electrons. The maximum Gasteiger partial charge on any atom is 0.416 e. The number of halogens is 3. The number of hydrazone groups is 1. The van der Waals surface area contributed by atoms with Gasteiger partial charge in [0.05, 0.1) is 23.2 Å². The Kier molecular flexibility index (Phi) is 5.64. The van der Waals surface area contributed by atoms with Crippen LogP contribution >= 0.6 is 11.3 Å². The first-order valence-corrected chi connectivity index (χ1v) is 9.18. The first-order chi connectivity index (χ1) is 13.2. The van der Waals surface area contributed by atoms with Crippen LogP contribution in [0.5, 0.6) is 0 Å². The number of rotatable bonds is 5. The van der Waals surface area contributed by atoms with Crippen LogP contribution in [0.3, 0.4) is 0 Å². The SMILES string of the molecule is Cc1csc(NN=Cc2cccc(-c3cc(C(F)(F)F)cc(N(C)C)n3)c2)n1. The maximum atomic E-state index is 13.3. The number of thiazole rings is 1. The number of aromatic nitrogens is 2. The monoisotopic (exact) mass is 405 g/mol. The molecule has 0 bridgehead atoms. The van der Waals surface area contributed by atoms with E-state index in [0.717, 1.165) is 23.4 Å². The summed E-state index contributed by atoms with van der Waals surface area (Å²) in [5.41, 5.74) is 4.54. The van der Waals surface area contributed by atoms with Crippen molar-refractivity contribution in [1.82, 2.24) is 9.97 Å². The second kappa shape index (κ2) is 7.97. The van der Waals surface area contributed by atoms with E-state index in [1.807, 2.05) is 18.4 Å². The fourth-order valence-corrected chi connectivity index (χ4v) is 3.04. The van der Waals surface area contributed by atoms with Gasteiger partial charge in [-0.1, -0.05) is 18.2 Å². The van der Waals surface area contributed by atoms with Crippen LogP contribution in [0.15, 0.2) is 46.9 Å². The van der Waals surface area contributed by atoms with E-state index in [4.69, 9.17) is 0 Å². The Bertz CT molecular complexity index is 995. The molecule has 146 valence electrons. The van der Waals surface area contributed by atoms with Gasteiger partial charge < -0.3 is 4.90 Å². The standard InChI is InChI=1S/C19H18F3N5S/c1-12-11-28-18(24-12)26-23-10-13-5-4-6-14(7-13)16-8-15(19(20,21)22)9-17(25-16)27(2)3/h4-11H,1-3H3,(H,24,26). The molecule has 2 aromatic heterocycles. The summed E-state index contributed by atoms with van der Waals surface area (Å²) in [6, 6.07) is 9.11. The highest BCUT2D eigenvalue weighted by Crippen LogP contribution is 2.34. The van der Waals surface area contributed by atoms with Crippen molar-refractivity contribution < 1.29 is 13.2 Å². The lowest BCUT2D eigenvalue weighted by Crippen LogP contribution is -2.14. The predicted molar refractivity (Wildman–Crippen MR) is 107 cm³/mol. The number of benzene rings is 1. The van der Waals surface area contributed by atoms with Gasteiger partial charge in [-0.2, -0.15) is 18.3 Å². The van der Waals surface area contributed by atoms with E-state index < -0.39 is 11.7 Å². The van der Waals surface area contributed by atoms with Crippen molar-refractivity contribution in [2.75, 3.05) is 24.4 Å². The van der Waals surface area contributed by atoms with Gasteiger partial charge in [-0.25, -0.2) is 9.97 Å². The van der Waals surface area contributed by atoms with Crippen molar-refractivity contribution in [3.63, 3.8) is 0 Å². The van der Waals surface area contributed by atoms with E-state index in [-0.39, 0.29) is 11.5 Å². The number of nitrogens with zero attached hydrogens (tertiary/aromatic N) is 4. The zero-order valence-corrected chi connectivity index (χ0v) is 16.3. The Hall–Kier alpha value is -2.94. The molecule has 0 aliphatic carbocycles. The molecular formula is C19H18F3N5S. The molecule has 0 spiro atoms. The second-order valence-electron chi connectivity index (χ2n) is 6.28. The molecule has 0 saturated carbocycles. The Morgan fingerprint density at radius 3 is 2.57 bits per heavy atom. The van der Waals surface area contributed by atoms with Gasteiger partial charge >= 0.3 is 6.18 Å². The molecule has 3 rings (SSSR count). The molecule has 0 amide bonds. The lowest BCUT2D eigenvalue weighted by molar-refractivity contribution is -0.137. The molecule has 2 heterocycles. The summed E-state index contributed by atoms with van der Waals surface area (Å²) in [6.07, 6.45) is -2.86. The second-order valence-corrected chi connectivity index (χ2v) is 7.14. The fraction of sp³-hybridized carbons (Fsp3) is 0.211. The van der Waals surface area contributed by atoms with E-state index in [0.29, 0.717) is 10.7 Å². The Labute approximate surface area is 164 Å². The van der Waals surface area contributed by atoms with Crippen LogP contribution in [0.1, 0.15) is 16.8 Å². The van der Waals surface area contributed by atoms with Gasteiger partial charge in [-0.15, -0.1) is 11.3 Å². The summed E-state index contributed by atoms with van der Waals surface area (Å²) in [5.74, 6) is 0.240. The summed E-state index contributed by atoms with van der Waals surface area (Å²) in [4.78, 5) is 10.1. The zero-order valence-electron chi connectivity index (χ0n) is 15.4. The van der Waals surface area contributed by atoms with Crippen molar-refractivity contribution in [3.05, 3.63) is 58.6 Å². The highest BCUT2D eigenvalue weighted by Gasteiger charge is 2.32. The molecule has 1 N–H and O–H groups in total. The fourth-order valence-electron chi connectivity index (χ4n) is 2.40. The first kappa shape index (κ1) is 19.8. The normalized spacial score (nSPS) is 11.8. The van der Waals surface area contributed by atoms with Crippen LogP contribution in [0, 0.1) is 6.92 Å². The van der Waals surface area contributed by atoms with Crippen molar-refractivity contribution >= 4 is 28.5 Å². The van der Waals surface area contributed by atoms with Gasteiger partial charge in [-0.05, 0) is 30.7 Å². The number of anilines is 2. The van der Waals surface area contributed by atoms with E-state index >= 15 is 0 Å². The molecule has 9 heteroatoms. The molecular weight excluding hydrogens is 387 g/mol. The number of pyridine rings is 1. The largest absolute Gasteiger partial charge is 0.416 e. The van der Waals surface area contributed by atoms with Crippen molar-refractivity contribution in [1.29, 1.82) is 0 Å². The van der Waals surface area contributed by atoms with Crippen LogP contribution in [0.4, 0.5) is 24.1 Å². The van der Waals surface area contributed by atoms with E-state index in [1.165, 1.54) is 11.3 Å². The van der Waals surface area contributed by atoms with Crippen molar-refractivity contribution in [2.45, 2.75) is 13.1 Å². The molecule has 0 atom stereocenters. The third-order valence-electron chi connectivity index (χ3n) is 3.77. The van der Waals surface area contributed by atoms with Crippen LogP contribution in [-0.4, -0.2) is 30.3 Å². The average molecular weight is 405 g/mol. The number of nitrogens with one attached hydrogen (secondary N) is 1. The lowest BCUT2D eigenvalue weighted by atomic mass is 10.1. The minimum Gasteiger partial charge on any atom is -0.363 e. The zero-order chi connectivity index (χ0) is 20.3. The summed E-state index contributed by atoms with van der Waals surface area (Å²) in [5, 5.41) is 6.70. The highest BCUT2D eigenvalue weighted by molar-refractivity contribution is 7.13. The molecule has 0 unspecified atom stereocenters. The Morgan fingerprint density at radius 1 is 1.14 bits per heavy atom. The van der Waals surface area contributed by atoms with E-state index in [9.17, 15) is 13.2 Å². The third-order valence-corrected chi connectivity index (χ3v) is 4.64. The van der Waals surface area contributed by atoms with Crippen LogP contribution < -0.4 is 10.3 Å². The third kappa shape index (κ3) is 4.86. The number of hydrogen-bond donors (Lipinski definition) is 1. The molecule has 28 heavy (non-hydrogen) atoms. The summed E-state index contributed by atoms with van der Waals surface area (Å²) < 4.78 is 39.8. The number of hydrogen-bond acceptors (Lipinski definition) is 6. The Morgan fingerprint density at radius 2 is 1.93 bits per heavy atom. The first-order valence-electron chi connectivity index (χ1n) is 8.30. The summed E-state index contributed by atoms with van der Waals surface area (Å²) in [7, 11) is 3.31. The molecule has 0 fully saturated rings. The topological polar surface area (TPSA) is 53.4 Å². The van der Waals surface area contributed by atoms with Crippen LogP contribution in [0.25, 0.3) is 11.3 Å². The molecule has 1 aromatic carbocycles. The van der Waals surface area contributed by atoms with E-state index in [2.05, 4.69) is 20.5 Å². The molecule has 0 aliphatic rings. The van der Waals surface area contributed by atoms with Gasteiger partial charge in [0.1, 0.15) is 5.82 Å². The maximum absolute atomic E-state index is 13.3. The molecule has 0 saturated heterocycles. The smallest absolute Gasteiger partial charge is 0.363 e.